The molecule has 2 atom stereocenters. The van der Waals surface area contributed by atoms with Gasteiger partial charge >= 0.3 is 0 Å². The molecule has 1 fully saturated rings. The summed E-state index contributed by atoms with van der Waals surface area (Å²) in [6, 6.07) is 7.96. The van der Waals surface area contributed by atoms with Gasteiger partial charge in [-0.05, 0) is 31.5 Å². The fraction of sp³-hybridized carbons (Fsp3) is 0.500. The number of carbonyl (C=O) groups excluding carboxylic acids is 1. The monoisotopic (exact) mass is 356 g/mol. The predicted molar refractivity (Wildman–Crippen MR) is 101 cm³/mol. The largest absolute Gasteiger partial charge is 0.492 e. The Morgan fingerprint density at radius 3 is 2.69 bits per heavy atom. The highest BCUT2D eigenvalue weighted by Gasteiger charge is 2.37. The molecule has 1 aliphatic heterocycles. The van der Waals surface area contributed by atoms with Gasteiger partial charge in [0, 0.05) is 38.8 Å². The van der Waals surface area contributed by atoms with Crippen molar-refractivity contribution in [2.45, 2.75) is 19.8 Å². The van der Waals surface area contributed by atoms with Crippen LogP contribution in [0.25, 0.3) is 0 Å². The lowest BCUT2D eigenvalue weighted by Gasteiger charge is -2.24. The highest BCUT2D eigenvalue weighted by molar-refractivity contribution is 5.80. The number of hydrogen-bond donors (Lipinski definition) is 1. The molecule has 6 heteroatoms. The quantitative estimate of drug-likeness (QED) is 0.859. The number of aromatic nitrogens is 2. The Labute approximate surface area is 155 Å². The van der Waals surface area contributed by atoms with E-state index in [0.717, 1.165) is 18.0 Å². The van der Waals surface area contributed by atoms with E-state index < -0.39 is 0 Å². The predicted octanol–water partition coefficient (Wildman–Crippen LogP) is 1.88. The van der Waals surface area contributed by atoms with Gasteiger partial charge in [-0.3, -0.25) is 9.48 Å². The van der Waals surface area contributed by atoms with Crippen molar-refractivity contribution < 1.29 is 9.53 Å². The van der Waals surface area contributed by atoms with Gasteiger partial charge in [-0.25, -0.2) is 0 Å². The molecule has 0 aliphatic carbocycles. The molecule has 1 saturated heterocycles. The van der Waals surface area contributed by atoms with Crippen molar-refractivity contribution in [1.29, 1.82) is 0 Å². The Kier molecular flexibility index (Phi) is 5.61. The molecule has 1 aromatic carbocycles. The summed E-state index contributed by atoms with van der Waals surface area (Å²) in [5.41, 5.74) is 3.50. The molecule has 140 valence electrons. The molecule has 1 amide bonds. The van der Waals surface area contributed by atoms with Gasteiger partial charge in [-0.15, -0.1) is 0 Å². The lowest BCUT2D eigenvalue weighted by Crippen LogP contribution is -2.38. The van der Waals surface area contributed by atoms with E-state index in [4.69, 9.17) is 4.74 Å². The molecule has 6 nitrogen and oxygen atoms in total. The number of nitrogens with zero attached hydrogens (tertiary/aromatic N) is 3. The average molecular weight is 356 g/mol. The van der Waals surface area contributed by atoms with Crippen LogP contribution in [-0.4, -0.2) is 53.9 Å². The van der Waals surface area contributed by atoms with E-state index in [1.807, 2.05) is 56.2 Å². The highest BCUT2D eigenvalue weighted by Crippen LogP contribution is 2.31. The Balaban J connectivity index is 1.57. The number of hydrogen-bond acceptors (Lipinski definition) is 4. The maximum Gasteiger partial charge on any atom is 0.227 e. The molecule has 0 spiro atoms. The minimum absolute atomic E-state index is 0.0534. The Morgan fingerprint density at radius 2 is 2.04 bits per heavy atom. The van der Waals surface area contributed by atoms with Gasteiger partial charge in [0.05, 0.1) is 18.7 Å². The van der Waals surface area contributed by atoms with Crippen molar-refractivity contribution in [3.8, 4) is 5.75 Å². The molecule has 0 bridgehead atoms. The lowest BCUT2D eigenvalue weighted by atomic mass is 9.88. The summed E-state index contributed by atoms with van der Waals surface area (Å²) >= 11 is 0. The maximum atomic E-state index is 12.9. The number of aryl methyl sites for hydroxylation is 2. The third kappa shape index (κ3) is 3.90. The maximum absolute atomic E-state index is 12.9. The molecule has 0 saturated carbocycles. The van der Waals surface area contributed by atoms with Crippen LogP contribution in [-0.2, 0) is 11.8 Å². The minimum Gasteiger partial charge on any atom is -0.492 e. The first-order valence-corrected chi connectivity index (χ1v) is 9.11. The normalized spacial score (nSPS) is 19.5. The van der Waals surface area contributed by atoms with E-state index in [9.17, 15) is 4.79 Å². The summed E-state index contributed by atoms with van der Waals surface area (Å²) in [6.07, 6.45) is 1.90. The Hall–Kier alpha value is -2.34. The van der Waals surface area contributed by atoms with Crippen molar-refractivity contribution in [3.63, 3.8) is 0 Å². The molecule has 2 heterocycles. The summed E-state index contributed by atoms with van der Waals surface area (Å²) < 4.78 is 7.62. The van der Waals surface area contributed by atoms with Gasteiger partial charge in [0.1, 0.15) is 12.4 Å². The molecular formula is C20H28N4O2. The number of likely N-dealkylation sites (N-methyl/N-ethyl adjacent to an activating group) is 1. The van der Waals surface area contributed by atoms with Crippen LogP contribution in [0.3, 0.4) is 0 Å². The number of ether oxygens (including phenoxy) is 1. The number of amides is 1. The summed E-state index contributed by atoms with van der Waals surface area (Å²) in [5, 5.41) is 7.70. The van der Waals surface area contributed by atoms with Gasteiger partial charge in [0.25, 0.3) is 0 Å². The molecule has 3 rings (SSSR count). The second-order valence-corrected chi connectivity index (χ2v) is 7.10. The molecule has 2 aromatic rings. The standard InChI is InChI=1S/C20H28N4O2/c1-14-5-7-16(8-6-14)26-10-9-23(3)20(25)19-12-21-11-18(19)17-13-22-24(4)15(17)2/h5-8,13,18-19,21H,9-12H2,1-4H3/t18-,19+/m1/s1. The lowest BCUT2D eigenvalue weighted by molar-refractivity contribution is -0.134. The molecule has 1 aromatic heterocycles. The summed E-state index contributed by atoms with van der Waals surface area (Å²) in [5.74, 6) is 1.12. The van der Waals surface area contributed by atoms with Gasteiger partial charge in [0.15, 0.2) is 0 Å². The van der Waals surface area contributed by atoms with Gasteiger partial charge in [-0.1, -0.05) is 17.7 Å². The Bertz CT molecular complexity index is 754. The third-order valence-electron chi connectivity index (χ3n) is 5.30. The van der Waals surface area contributed by atoms with E-state index in [1.54, 1.807) is 4.90 Å². The van der Waals surface area contributed by atoms with Crippen LogP contribution < -0.4 is 10.1 Å². The summed E-state index contributed by atoms with van der Waals surface area (Å²) in [7, 11) is 3.79. The fourth-order valence-corrected chi connectivity index (χ4v) is 3.47. The van der Waals surface area contributed by atoms with Gasteiger partial charge in [-0.2, -0.15) is 5.10 Å². The molecule has 0 radical (unpaired) electrons. The van der Waals surface area contributed by atoms with E-state index in [-0.39, 0.29) is 17.7 Å². The van der Waals surface area contributed by atoms with Crippen molar-refractivity contribution in [2.24, 2.45) is 13.0 Å². The van der Waals surface area contributed by atoms with Crippen LogP contribution in [0.4, 0.5) is 0 Å². The number of rotatable bonds is 6. The van der Waals surface area contributed by atoms with Gasteiger partial charge in [0.2, 0.25) is 5.91 Å². The number of benzene rings is 1. The molecule has 0 unspecified atom stereocenters. The van der Waals surface area contributed by atoms with Gasteiger partial charge < -0.3 is 15.0 Å². The van der Waals surface area contributed by atoms with E-state index >= 15 is 0 Å². The number of nitrogens with one attached hydrogen (secondary N) is 1. The van der Waals surface area contributed by atoms with Crippen molar-refractivity contribution >= 4 is 5.91 Å². The van der Waals surface area contributed by atoms with Crippen LogP contribution >= 0.6 is 0 Å². The second kappa shape index (κ2) is 7.91. The van der Waals surface area contributed by atoms with Crippen LogP contribution in [0.15, 0.2) is 30.5 Å². The average Bonchev–Trinajstić information content (AvgIpc) is 3.23. The first-order valence-electron chi connectivity index (χ1n) is 9.11. The third-order valence-corrected chi connectivity index (χ3v) is 5.30. The molecule has 1 aliphatic rings. The zero-order valence-electron chi connectivity index (χ0n) is 16.0. The van der Waals surface area contributed by atoms with Crippen molar-refractivity contribution in [1.82, 2.24) is 20.0 Å². The van der Waals surface area contributed by atoms with Crippen LogP contribution in [0.2, 0.25) is 0 Å². The molecular weight excluding hydrogens is 328 g/mol. The topological polar surface area (TPSA) is 59.4 Å². The van der Waals surface area contributed by atoms with Crippen molar-refractivity contribution in [2.75, 3.05) is 33.3 Å². The van der Waals surface area contributed by atoms with Crippen LogP contribution in [0.1, 0.15) is 22.7 Å². The van der Waals surface area contributed by atoms with Crippen molar-refractivity contribution in [3.05, 3.63) is 47.3 Å². The fourth-order valence-electron chi connectivity index (χ4n) is 3.47. The second-order valence-electron chi connectivity index (χ2n) is 7.10. The van der Waals surface area contributed by atoms with E-state index in [0.29, 0.717) is 19.7 Å². The molecule has 26 heavy (non-hydrogen) atoms. The van der Waals surface area contributed by atoms with Crippen LogP contribution in [0, 0.1) is 19.8 Å². The smallest absolute Gasteiger partial charge is 0.227 e. The minimum atomic E-state index is -0.0534. The van der Waals surface area contributed by atoms with E-state index in [1.165, 1.54) is 11.1 Å². The SMILES string of the molecule is Cc1ccc(OCCN(C)C(=O)[C@H]2CNC[C@@H]2c2cnn(C)c2C)cc1. The van der Waals surface area contributed by atoms with Crippen LogP contribution in [0.5, 0.6) is 5.75 Å². The zero-order chi connectivity index (χ0) is 18.7. The first kappa shape index (κ1) is 18.5. The highest BCUT2D eigenvalue weighted by atomic mass is 16.5. The Morgan fingerprint density at radius 1 is 1.31 bits per heavy atom. The number of carbonyl (C=O) groups is 1. The first-order chi connectivity index (χ1) is 12.5. The zero-order valence-corrected chi connectivity index (χ0v) is 16.0. The summed E-state index contributed by atoms with van der Waals surface area (Å²) in [6.45, 7) is 6.69. The van der Waals surface area contributed by atoms with E-state index in [2.05, 4.69) is 17.3 Å². The molecule has 1 N–H and O–H groups in total. The summed E-state index contributed by atoms with van der Waals surface area (Å²) in [4.78, 5) is 14.7.